The number of aryl methyl sites for hydroxylation is 2. The van der Waals surface area contributed by atoms with Crippen LogP contribution in [0.1, 0.15) is 17.8 Å². The minimum absolute atomic E-state index is 0.0381. The molecule has 0 aliphatic carbocycles. The van der Waals surface area contributed by atoms with Crippen LogP contribution in [0.2, 0.25) is 0 Å². The number of aromatic amines is 1. The highest BCUT2D eigenvalue weighted by molar-refractivity contribution is 5.70. The molecule has 0 bridgehead atoms. The van der Waals surface area contributed by atoms with E-state index in [-0.39, 0.29) is 11.4 Å². The van der Waals surface area contributed by atoms with E-state index in [0.717, 1.165) is 5.56 Å². The van der Waals surface area contributed by atoms with Gasteiger partial charge in [0.25, 0.3) is 5.56 Å². The maximum atomic E-state index is 12.2. The summed E-state index contributed by atoms with van der Waals surface area (Å²) in [7, 11) is 0. The molecule has 1 aromatic heterocycles. The Morgan fingerprint density at radius 2 is 1.95 bits per heavy atom. The molecule has 0 saturated carbocycles. The molecule has 21 heavy (non-hydrogen) atoms. The van der Waals surface area contributed by atoms with Gasteiger partial charge in [-0.05, 0) is 18.1 Å². The molecular formula is C14H13F3N2O2. The highest BCUT2D eigenvalue weighted by atomic mass is 19.4. The lowest BCUT2D eigenvalue weighted by Crippen LogP contribution is -2.17. The zero-order valence-corrected chi connectivity index (χ0v) is 11.2. The van der Waals surface area contributed by atoms with Crippen molar-refractivity contribution in [1.82, 2.24) is 9.97 Å². The number of H-pyrrole nitrogens is 1. The number of nitrogens with one attached hydrogen (secondary N) is 1. The molecule has 0 aliphatic heterocycles. The average Bonchev–Trinajstić information content (AvgIpc) is 2.37. The molecule has 0 saturated heterocycles. The fourth-order valence-electron chi connectivity index (χ4n) is 1.98. The van der Waals surface area contributed by atoms with E-state index in [1.54, 1.807) is 31.2 Å². The van der Waals surface area contributed by atoms with Gasteiger partial charge >= 0.3 is 6.18 Å². The van der Waals surface area contributed by atoms with Crippen LogP contribution in [0.25, 0.3) is 11.1 Å². The Morgan fingerprint density at radius 3 is 2.52 bits per heavy atom. The van der Waals surface area contributed by atoms with Crippen molar-refractivity contribution in [3.63, 3.8) is 0 Å². The third-order valence-corrected chi connectivity index (χ3v) is 3.01. The summed E-state index contributed by atoms with van der Waals surface area (Å²) in [6, 6.07) is 6.86. The highest BCUT2D eigenvalue weighted by Gasteiger charge is 2.27. The lowest BCUT2D eigenvalue weighted by atomic mass is 10.0. The first-order valence-corrected chi connectivity index (χ1v) is 6.23. The minimum atomic E-state index is -4.34. The van der Waals surface area contributed by atoms with E-state index in [4.69, 9.17) is 0 Å². The van der Waals surface area contributed by atoms with Gasteiger partial charge in [-0.2, -0.15) is 18.2 Å². The second-order valence-electron chi connectivity index (χ2n) is 4.64. The maximum Gasteiger partial charge on any atom is 0.389 e. The van der Waals surface area contributed by atoms with E-state index < -0.39 is 30.5 Å². The van der Waals surface area contributed by atoms with Crippen molar-refractivity contribution in [2.45, 2.75) is 25.9 Å². The predicted octanol–water partition coefficient (Wildman–Crippen LogP) is 2.95. The van der Waals surface area contributed by atoms with Gasteiger partial charge < -0.3 is 10.1 Å². The van der Waals surface area contributed by atoms with Crippen LogP contribution in [0.15, 0.2) is 29.1 Å². The van der Waals surface area contributed by atoms with Gasteiger partial charge in [0.15, 0.2) is 0 Å². The number of aromatic hydroxyl groups is 1. The second-order valence-corrected chi connectivity index (χ2v) is 4.64. The van der Waals surface area contributed by atoms with Crippen molar-refractivity contribution >= 4 is 0 Å². The van der Waals surface area contributed by atoms with E-state index in [1.807, 2.05) is 0 Å². The monoisotopic (exact) mass is 298 g/mol. The van der Waals surface area contributed by atoms with Gasteiger partial charge in [0.2, 0.25) is 5.88 Å². The molecule has 0 spiro atoms. The number of rotatable bonds is 3. The van der Waals surface area contributed by atoms with Crippen LogP contribution in [0.5, 0.6) is 5.88 Å². The predicted molar refractivity (Wildman–Crippen MR) is 71.1 cm³/mol. The third-order valence-electron chi connectivity index (χ3n) is 3.01. The highest BCUT2D eigenvalue weighted by Crippen LogP contribution is 2.27. The number of hydrogen-bond donors (Lipinski definition) is 2. The van der Waals surface area contributed by atoms with Gasteiger partial charge in [0, 0.05) is 6.42 Å². The number of benzene rings is 1. The first kappa shape index (κ1) is 15.1. The van der Waals surface area contributed by atoms with Crippen LogP contribution >= 0.6 is 0 Å². The zero-order valence-electron chi connectivity index (χ0n) is 11.2. The maximum absolute atomic E-state index is 12.2. The van der Waals surface area contributed by atoms with Gasteiger partial charge in [-0.3, -0.25) is 4.79 Å². The summed E-state index contributed by atoms with van der Waals surface area (Å²) in [5, 5.41) is 9.87. The van der Waals surface area contributed by atoms with E-state index in [9.17, 15) is 23.1 Å². The summed E-state index contributed by atoms with van der Waals surface area (Å²) < 4.78 is 36.5. The largest absolute Gasteiger partial charge is 0.493 e. The van der Waals surface area contributed by atoms with Gasteiger partial charge in [-0.25, -0.2) is 0 Å². The normalized spacial score (nSPS) is 11.6. The van der Waals surface area contributed by atoms with Crippen LogP contribution in [-0.2, 0) is 6.42 Å². The first-order valence-electron chi connectivity index (χ1n) is 6.23. The Labute approximate surface area is 118 Å². The molecule has 7 heteroatoms. The Bertz CT molecular complexity index is 708. The number of nitrogens with zero attached hydrogens (tertiary/aromatic N) is 1. The standard InChI is InChI=1S/C14H13F3N2O2/c1-8-4-2-3-5-9(8)11-12(20)18-10(19-13(11)21)6-7-14(15,16)17/h2-5H,6-7H2,1H3,(H2,18,19,20,21). The van der Waals surface area contributed by atoms with Crippen molar-refractivity contribution in [1.29, 1.82) is 0 Å². The summed E-state index contributed by atoms with van der Waals surface area (Å²) in [4.78, 5) is 17.9. The lowest BCUT2D eigenvalue weighted by Gasteiger charge is -2.09. The summed E-state index contributed by atoms with van der Waals surface area (Å²) in [6.45, 7) is 1.76. The summed E-state index contributed by atoms with van der Waals surface area (Å²) >= 11 is 0. The molecule has 112 valence electrons. The Morgan fingerprint density at radius 1 is 1.29 bits per heavy atom. The minimum Gasteiger partial charge on any atom is -0.493 e. The molecule has 0 amide bonds. The van der Waals surface area contributed by atoms with Crippen molar-refractivity contribution in [3.8, 4) is 17.0 Å². The Kier molecular flexibility index (Phi) is 4.02. The van der Waals surface area contributed by atoms with Crippen LogP contribution in [0, 0.1) is 6.92 Å². The van der Waals surface area contributed by atoms with E-state index in [0.29, 0.717) is 5.56 Å². The zero-order chi connectivity index (χ0) is 15.6. The van der Waals surface area contributed by atoms with Crippen LogP contribution in [0.3, 0.4) is 0 Å². The molecule has 4 nitrogen and oxygen atoms in total. The van der Waals surface area contributed by atoms with Crippen molar-refractivity contribution in [2.75, 3.05) is 0 Å². The lowest BCUT2D eigenvalue weighted by molar-refractivity contribution is -0.134. The number of halogens is 3. The Hall–Kier alpha value is -2.31. The molecule has 2 N–H and O–H groups in total. The fraction of sp³-hybridized carbons (Fsp3) is 0.286. The van der Waals surface area contributed by atoms with Gasteiger partial charge in [0.1, 0.15) is 11.4 Å². The molecule has 0 fully saturated rings. The van der Waals surface area contributed by atoms with Crippen LogP contribution in [-0.4, -0.2) is 21.3 Å². The molecule has 2 aromatic rings. The van der Waals surface area contributed by atoms with Gasteiger partial charge in [-0.15, -0.1) is 0 Å². The van der Waals surface area contributed by atoms with Crippen LogP contribution < -0.4 is 5.56 Å². The molecule has 0 aliphatic rings. The molecule has 1 aromatic carbocycles. The first-order chi connectivity index (χ1) is 9.78. The summed E-state index contributed by atoms with van der Waals surface area (Å²) in [6.07, 6.45) is -5.94. The molecule has 0 atom stereocenters. The number of alkyl halides is 3. The van der Waals surface area contributed by atoms with Crippen molar-refractivity contribution in [3.05, 3.63) is 46.0 Å². The number of aromatic nitrogens is 2. The van der Waals surface area contributed by atoms with E-state index in [2.05, 4.69) is 9.97 Å². The third kappa shape index (κ3) is 3.62. The second kappa shape index (κ2) is 5.59. The van der Waals surface area contributed by atoms with Gasteiger partial charge in [0.05, 0.1) is 6.42 Å². The SMILES string of the molecule is Cc1ccccc1-c1c(O)nc(CCC(F)(F)F)[nH]c1=O. The number of hydrogen-bond acceptors (Lipinski definition) is 3. The average molecular weight is 298 g/mol. The fourth-order valence-corrected chi connectivity index (χ4v) is 1.98. The smallest absolute Gasteiger partial charge is 0.389 e. The van der Waals surface area contributed by atoms with E-state index >= 15 is 0 Å². The van der Waals surface area contributed by atoms with Crippen molar-refractivity contribution < 1.29 is 18.3 Å². The molecular weight excluding hydrogens is 285 g/mol. The van der Waals surface area contributed by atoms with Crippen LogP contribution in [0.4, 0.5) is 13.2 Å². The summed E-state index contributed by atoms with van der Waals surface area (Å²) in [5.41, 5.74) is 0.548. The van der Waals surface area contributed by atoms with Gasteiger partial charge in [-0.1, -0.05) is 24.3 Å². The molecule has 1 heterocycles. The summed E-state index contributed by atoms with van der Waals surface area (Å²) in [5.74, 6) is -0.752. The molecule has 0 unspecified atom stereocenters. The molecule has 2 rings (SSSR count). The van der Waals surface area contributed by atoms with E-state index in [1.165, 1.54) is 0 Å². The Balaban J connectivity index is 2.39. The van der Waals surface area contributed by atoms with Crippen molar-refractivity contribution in [2.24, 2.45) is 0 Å². The topological polar surface area (TPSA) is 66.0 Å². The molecule has 0 radical (unpaired) electrons. The quantitative estimate of drug-likeness (QED) is 0.915.